The van der Waals surface area contributed by atoms with Gasteiger partial charge in [-0.2, -0.15) is 0 Å². The van der Waals surface area contributed by atoms with Crippen LogP contribution in [0.2, 0.25) is 0 Å². The number of nitrogens with zero attached hydrogens (tertiary/aromatic N) is 2. The van der Waals surface area contributed by atoms with E-state index in [0.29, 0.717) is 11.6 Å². The van der Waals surface area contributed by atoms with E-state index in [0.717, 1.165) is 17.0 Å². The van der Waals surface area contributed by atoms with Crippen LogP contribution in [0.1, 0.15) is 44.2 Å². The van der Waals surface area contributed by atoms with Gasteiger partial charge in [-0.25, -0.2) is 4.98 Å². The molecule has 0 aliphatic heterocycles. The van der Waals surface area contributed by atoms with E-state index in [1.54, 1.807) is 4.90 Å². The molecule has 0 bridgehead atoms. The van der Waals surface area contributed by atoms with E-state index in [2.05, 4.69) is 10.3 Å². The number of carbonyl (C=O) groups is 2. The lowest BCUT2D eigenvalue weighted by molar-refractivity contribution is -0.136. The van der Waals surface area contributed by atoms with E-state index in [1.165, 1.54) is 11.3 Å². The summed E-state index contributed by atoms with van der Waals surface area (Å²) in [5.41, 5.74) is 0.924. The van der Waals surface area contributed by atoms with Crippen molar-refractivity contribution in [1.29, 1.82) is 0 Å². The number of anilines is 1. The van der Waals surface area contributed by atoms with Gasteiger partial charge in [0, 0.05) is 17.3 Å². The first-order valence-electron chi connectivity index (χ1n) is 6.88. The fourth-order valence-corrected chi connectivity index (χ4v) is 2.59. The van der Waals surface area contributed by atoms with Crippen molar-refractivity contribution in [3.05, 3.63) is 10.6 Å². The monoisotopic (exact) mass is 297 g/mol. The second-order valence-corrected chi connectivity index (χ2v) is 6.28. The Hall–Kier alpha value is -1.43. The first-order chi connectivity index (χ1) is 9.35. The summed E-state index contributed by atoms with van der Waals surface area (Å²) in [7, 11) is 0. The molecule has 20 heavy (non-hydrogen) atoms. The maximum atomic E-state index is 12.0. The van der Waals surface area contributed by atoms with E-state index in [-0.39, 0.29) is 24.4 Å². The molecule has 0 aliphatic carbocycles. The number of carbonyl (C=O) groups excluding carboxylic acids is 2. The van der Waals surface area contributed by atoms with Gasteiger partial charge in [0.2, 0.25) is 11.8 Å². The van der Waals surface area contributed by atoms with Crippen LogP contribution in [0.3, 0.4) is 0 Å². The zero-order chi connectivity index (χ0) is 15.3. The number of nitrogens with one attached hydrogen (secondary N) is 1. The second kappa shape index (κ2) is 7.38. The molecule has 1 aromatic rings. The molecule has 1 aromatic heterocycles. The number of rotatable bonds is 6. The van der Waals surface area contributed by atoms with Crippen LogP contribution in [0.25, 0.3) is 0 Å². The van der Waals surface area contributed by atoms with E-state index in [9.17, 15) is 9.59 Å². The minimum absolute atomic E-state index is 0.0135. The largest absolute Gasteiger partial charge is 0.331 e. The average molecular weight is 297 g/mol. The molecule has 0 atom stereocenters. The van der Waals surface area contributed by atoms with Gasteiger partial charge in [0.15, 0.2) is 5.13 Å². The average Bonchev–Trinajstić information content (AvgIpc) is 2.65. The number of hydrogen-bond donors (Lipinski definition) is 1. The highest BCUT2D eigenvalue weighted by Crippen LogP contribution is 2.21. The summed E-state index contributed by atoms with van der Waals surface area (Å²) in [4.78, 5) is 30.9. The predicted octanol–water partition coefficient (Wildman–Crippen LogP) is 2.74. The minimum Gasteiger partial charge on any atom is -0.331 e. The van der Waals surface area contributed by atoms with Crippen LogP contribution >= 0.6 is 11.3 Å². The first kappa shape index (κ1) is 16.6. The summed E-state index contributed by atoms with van der Waals surface area (Å²) >= 11 is 1.45. The van der Waals surface area contributed by atoms with Gasteiger partial charge in [-0.3, -0.25) is 9.59 Å². The Balaban J connectivity index is 2.64. The minimum atomic E-state index is -0.197. The van der Waals surface area contributed by atoms with E-state index < -0.39 is 0 Å². The smallest absolute Gasteiger partial charge is 0.245 e. The van der Waals surface area contributed by atoms with Gasteiger partial charge in [0.05, 0.1) is 5.69 Å². The molecule has 2 amide bonds. The van der Waals surface area contributed by atoms with E-state index in [4.69, 9.17) is 0 Å². The Morgan fingerprint density at radius 2 is 2.00 bits per heavy atom. The summed E-state index contributed by atoms with van der Waals surface area (Å²) in [5.74, 6) is -0.180. The van der Waals surface area contributed by atoms with Crippen molar-refractivity contribution in [3.63, 3.8) is 0 Å². The molecule has 0 saturated heterocycles. The Morgan fingerprint density at radius 3 is 2.45 bits per heavy atom. The fraction of sp³-hybridized carbons (Fsp3) is 0.643. The van der Waals surface area contributed by atoms with E-state index >= 15 is 0 Å². The molecule has 112 valence electrons. The fourth-order valence-electron chi connectivity index (χ4n) is 1.76. The highest BCUT2D eigenvalue weighted by atomic mass is 32.1. The van der Waals surface area contributed by atoms with E-state index in [1.807, 2.05) is 34.6 Å². The lowest BCUT2D eigenvalue weighted by atomic mass is 10.2. The van der Waals surface area contributed by atoms with Crippen molar-refractivity contribution in [2.45, 2.75) is 53.5 Å². The third-order valence-corrected chi connectivity index (χ3v) is 3.98. The molecule has 1 rings (SSSR count). The Labute approximate surface area is 124 Å². The molecule has 0 aliphatic rings. The number of amides is 2. The Kier molecular flexibility index (Phi) is 6.13. The van der Waals surface area contributed by atoms with Crippen molar-refractivity contribution in [2.24, 2.45) is 0 Å². The van der Waals surface area contributed by atoms with Crippen molar-refractivity contribution in [2.75, 3.05) is 11.9 Å². The quantitative estimate of drug-likeness (QED) is 0.878. The molecule has 1 heterocycles. The van der Waals surface area contributed by atoms with Crippen LogP contribution in [0.4, 0.5) is 5.13 Å². The van der Waals surface area contributed by atoms with Gasteiger partial charge in [-0.15, -0.1) is 11.3 Å². The third kappa shape index (κ3) is 4.59. The summed E-state index contributed by atoms with van der Waals surface area (Å²) in [6.07, 6.45) is 1.26. The molecular weight excluding hydrogens is 274 g/mol. The molecule has 0 spiro atoms. The summed E-state index contributed by atoms with van der Waals surface area (Å²) in [6, 6.07) is 0.0135. The van der Waals surface area contributed by atoms with Crippen molar-refractivity contribution < 1.29 is 9.59 Å². The zero-order valence-corrected chi connectivity index (χ0v) is 13.6. The first-order valence-corrected chi connectivity index (χ1v) is 7.70. The number of hydrogen-bond acceptors (Lipinski definition) is 4. The molecule has 1 N–H and O–H groups in total. The topological polar surface area (TPSA) is 62.3 Å². The van der Waals surface area contributed by atoms with Gasteiger partial charge < -0.3 is 10.2 Å². The highest BCUT2D eigenvalue weighted by Gasteiger charge is 2.20. The van der Waals surface area contributed by atoms with Crippen molar-refractivity contribution in [3.8, 4) is 0 Å². The summed E-state index contributed by atoms with van der Waals surface area (Å²) < 4.78 is 0. The molecular formula is C14H23N3O2S. The maximum absolute atomic E-state index is 12.0. The Morgan fingerprint density at radius 1 is 1.35 bits per heavy atom. The van der Waals surface area contributed by atoms with Crippen molar-refractivity contribution >= 4 is 28.3 Å². The molecule has 6 heteroatoms. The van der Waals surface area contributed by atoms with Crippen LogP contribution in [0, 0.1) is 13.8 Å². The molecule has 0 fully saturated rings. The maximum Gasteiger partial charge on any atom is 0.245 e. The standard InChI is InChI=1S/C14H23N3O2S/c1-6-7-13(19)17(9(2)3)8-12(18)16-14-15-10(4)11(5)20-14/h9H,6-8H2,1-5H3,(H,15,16,18). The van der Waals surface area contributed by atoms with Gasteiger partial charge in [-0.05, 0) is 34.1 Å². The molecule has 0 aromatic carbocycles. The van der Waals surface area contributed by atoms with Gasteiger partial charge in [0.1, 0.15) is 6.54 Å². The second-order valence-electron chi connectivity index (χ2n) is 5.07. The molecule has 0 unspecified atom stereocenters. The van der Waals surface area contributed by atoms with Crippen LogP contribution in [-0.2, 0) is 9.59 Å². The van der Waals surface area contributed by atoms with Gasteiger partial charge >= 0.3 is 0 Å². The predicted molar refractivity (Wildman–Crippen MR) is 82.0 cm³/mol. The van der Waals surface area contributed by atoms with Crippen LogP contribution in [0.15, 0.2) is 0 Å². The zero-order valence-electron chi connectivity index (χ0n) is 12.8. The van der Waals surface area contributed by atoms with Crippen LogP contribution in [-0.4, -0.2) is 34.3 Å². The van der Waals surface area contributed by atoms with Crippen molar-refractivity contribution in [1.82, 2.24) is 9.88 Å². The summed E-state index contributed by atoms with van der Waals surface area (Å²) in [5, 5.41) is 3.35. The third-order valence-electron chi connectivity index (χ3n) is 3.00. The number of aromatic nitrogens is 1. The number of thiazole rings is 1. The molecule has 0 saturated carbocycles. The van der Waals surface area contributed by atoms with Crippen LogP contribution < -0.4 is 5.32 Å². The molecule has 0 radical (unpaired) electrons. The van der Waals surface area contributed by atoms with Crippen LogP contribution in [0.5, 0.6) is 0 Å². The number of aryl methyl sites for hydroxylation is 2. The highest BCUT2D eigenvalue weighted by molar-refractivity contribution is 7.15. The normalized spacial score (nSPS) is 10.7. The Bertz CT molecular complexity index is 463. The SMILES string of the molecule is CCCC(=O)N(CC(=O)Nc1nc(C)c(C)s1)C(C)C. The molecule has 5 nitrogen and oxygen atoms in total. The summed E-state index contributed by atoms with van der Waals surface area (Å²) in [6.45, 7) is 9.74. The lowest BCUT2D eigenvalue weighted by Gasteiger charge is -2.25. The van der Waals surface area contributed by atoms with Gasteiger partial charge in [0.25, 0.3) is 0 Å². The lowest BCUT2D eigenvalue weighted by Crippen LogP contribution is -2.42. The van der Waals surface area contributed by atoms with Gasteiger partial charge in [-0.1, -0.05) is 6.92 Å².